The third-order valence-corrected chi connectivity index (χ3v) is 4.31. The molecule has 122 valence electrons. The Morgan fingerprint density at radius 2 is 1.83 bits per heavy atom. The fourth-order valence-electron chi connectivity index (χ4n) is 2.26. The van der Waals surface area contributed by atoms with Gasteiger partial charge in [0, 0.05) is 6.54 Å². The molecule has 0 atom stereocenters. The van der Waals surface area contributed by atoms with E-state index in [1.807, 2.05) is 11.9 Å². The second-order valence-corrected chi connectivity index (χ2v) is 6.33. The maximum atomic E-state index is 12.1. The summed E-state index contributed by atoms with van der Waals surface area (Å²) in [6, 6.07) is 9.99. The molecule has 6 heteroatoms. The number of carbonyl (C=O) groups excluding carboxylic acids is 2. The van der Waals surface area contributed by atoms with Crippen molar-refractivity contribution in [3.63, 3.8) is 0 Å². The zero-order valence-corrected chi connectivity index (χ0v) is 14.2. The molecule has 1 heterocycles. The van der Waals surface area contributed by atoms with E-state index < -0.39 is 5.91 Å². The summed E-state index contributed by atoms with van der Waals surface area (Å²) in [4.78, 5) is 25.3. The average molecular weight is 331 g/mol. The maximum absolute atomic E-state index is 12.1. The van der Waals surface area contributed by atoms with Crippen molar-refractivity contribution in [1.82, 2.24) is 4.90 Å². The van der Waals surface area contributed by atoms with Gasteiger partial charge >= 0.3 is 0 Å². The van der Waals surface area contributed by atoms with Crippen LogP contribution in [0.25, 0.3) is 0 Å². The van der Waals surface area contributed by atoms with Crippen LogP contribution >= 0.6 is 11.3 Å². The molecule has 0 aliphatic carbocycles. The lowest BCUT2D eigenvalue weighted by atomic mass is 10.1. The number of anilines is 1. The number of hydrogen-bond donors (Lipinski definition) is 2. The van der Waals surface area contributed by atoms with Gasteiger partial charge in [-0.25, -0.2) is 0 Å². The van der Waals surface area contributed by atoms with E-state index in [0.29, 0.717) is 17.1 Å². The molecule has 1 aromatic heterocycles. The van der Waals surface area contributed by atoms with Crippen LogP contribution in [0.3, 0.4) is 0 Å². The number of amides is 2. The lowest BCUT2D eigenvalue weighted by Gasteiger charge is -2.16. The van der Waals surface area contributed by atoms with Gasteiger partial charge in [0.15, 0.2) is 0 Å². The molecular formula is C17H21N3O2S. The Labute approximate surface area is 140 Å². The minimum absolute atomic E-state index is 0.164. The highest BCUT2D eigenvalue weighted by Gasteiger charge is 2.13. The minimum Gasteiger partial charge on any atom is -0.366 e. The summed E-state index contributed by atoms with van der Waals surface area (Å²) >= 11 is 1.29. The normalized spacial score (nSPS) is 10.7. The molecule has 23 heavy (non-hydrogen) atoms. The fourth-order valence-corrected chi connectivity index (χ4v) is 3.07. The summed E-state index contributed by atoms with van der Waals surface area (Å²) in [5.74, 6) is -0.700. The molecule has 3 N–H and O–H groups in total. The number of aryl methyl sites for hydroxylation is 1. The predicted octanol–water partition coefficient (Wildman–Crippen LogP) is 2.48. The summed E-state index contributed by atoms with van der Waals surface area (Å²) < 4.78 is 0. The van der Waals surface area contributed by atoms with Crippen molar-refractivity contribution in [1.29, 1.82) is 0 Å². The van der Waals surface area contributed by atoms with E-state index in [1.54, 1.807) is 11.4 Å². The number of likely N-dealkylation sites (N-methyl/N-ethyl adjacent to an activating group) is 1. The van der Waals surface area contributed by atoms with Gasteiger partial charge in [-0.2, -0.15) is 0 Å². The van der Waals surface area contributed by atoms with Crippen LogP contribution in [0.1, 0.15) is 28.4 Å². The van der Waals surface area contributed by atoms with Gasteiger partial charge in [-0.15, -0.1) is 11.3 Å². The fraction of sp³-hybridized carbons (Fsp3) is 0.294. The van der Waals surface area contributed by atoms with Gasteiger partial charge < -0.3 is 11.1 Å². The molecule has 0 saturated carbocycles. The zero-order chi connectivity index (χ0) is 16.8. The lowest BCUT2D eigenvalue weighted by Crippen LogP contribution is -2.30. The van der Waals surface area contributed by atoms with Gasteiger partial charge in [-0.1, -0.05) is 31.2 Å². The van der Waals surface area contributed by atoms with E-state index in [-0.39, 0.29) is 12.5 Å². The smallest absolute Gasteiger partial charge is 0.251 e. The van der Waals surface area contributed by atoms with Crippen molar-refractivity contribution in [2.75, 3.05) is 18.9 Å². The third-order valence-electron chi connectivity index (χ3n) is 3.48. The summed E-state index contributed by atoms with van der Waals surface area (Å²) in [6.07, 6.45) is 1.02. The van der Waals surface area contributed by atoms with Crippen LogP contribution in [0, 0.1) is 0 Å². The zero-order valence-electron chi connectivity index (χ0n) is 13.3. The van der Waals surface area contributed by atoms with Crippen LogP contribution in [0.15, 0.2) is 35.7 Å². The molecule has 0 radical (unpaired) electrons. The number of thiophene rings is 1. The Kier molecular flexibility index (Phi) is 5.90. The van der Waals surface area contributed by atoms with Gasteiger partial charge in [0.2, 0.25) is 5.91 Å². The van der Waals surface area contributed by atoms with Crippen LogP contribution in [0.4, 0.5) is 5.00 Å². The number of primary amides is 1. The molecule has 0 saturated heterocycles. The minimum atomic E-state index is -0.536. The van der Waals surface area contributed by atoms with Crippen molar-refractivity contribution in [2.24, 2.45) is 5.73 Å². The second kappa shape index (κ2) is 7.89. The monoisotopic (exact) mass is 331 g/mol. The van der Waals surface area contributed by atoms with Crippen LogP contribution in [0.2, 0.25) is 0 Å². The van der Waals surface area contributed by atoms with Crippen LogP contribution in [-0.4, -0.2) is 30.3 Å². The first-order valence-electron chi connectivity index (χ1n) is 7.43. The van der Waals surface area contributed by atoms with Gasteiger partial charge in [-0.05, 0) is 36.0 Å². The summed E-state index contributed by atoms with van der Waals surface area (Å²) in [6.45, 7) is 3.05. The quantitative estimate of drug-likeness (QED) is 0.818. The molecule has 1 aromatic carbocycles. The van der Waals surface area contributed by atoms with Gasteiger partial charge in [0.25, 0.3) is 5.91 Å². The maximum Gasteiger partial charge on any atom is 0.251 e. The number of hydrogen-bond acceptors (Lipinski definition) is 4. The molecule has 2 rings (SSSR count). The van der Waals surface area contributed by atoms with Crippen molar-refractivity contribution >= 4 is 28.2 Å². The van der Waals surface area contributed by atoms with Crippen molar-refractivity contribution in [3.8, 4) is 0 Å². The molecule has 0 spiro atoms. The first-order valence-corrected chi connectivity index (χ1v) is 8.31. The molecule has 2 amide bonds. The van der Waals surface area contributed by atoms with Gasteiger partial charge in [0.05, 0.1) is 12.1 Å². The Balaban J connectivity index is 1.88. The standard InChI is InChI=1S/C17H21N3O2S/c1-3-12-4-6-13(7-5-12)10-20(2)11-15(21)19-17-14(16(18)22)8-9-23-17/h4-9H,3,10-11H2,1-2H3,(H2,18,22)(H,19,21). The lowest BCUT2D eigenvalue weighted by molar-refractivity contribution is -0.117. The van der Waals surface area contributed by atoms with Crippen molar-refractivity contribution < 1.29 is 9.59 Å². The molecule has 0 unspecified atom stereocenters. The SMILES string of the molecule is CCc1ccc(CN(C)CC(=O)Nc2sccc2C(N)=O)cc1. The molecule has 0 aliphatic heterocycles. The molecule has 0 bridgehead atoms. The summed E-state index contributed by atoms with van der Waals surface area (Å²) in [5.41, 5.74) is 8.07. The number of nitrogens with zero attached hydrogens (tertiary/aromatic N) is 1. The largest absolute Gasteiger partial charge is 0.366 e. The summed E-state index contributed by atoms with van der Waals surface area (Å²) in [7, 11) is 1.89. The van der Waals surface area contributed by atoms with Crippen LogP contribution < -0.4 is 11.1 Å². The first-order chi connectivity index (χ1) is 11.0. The predicted molar refractivity (Wildman–Crippen MR) is 93.6 cm³/mol. The van der Waals surface area contributed by atoms with Crippen LogP contribution in [-0.2, 0) is 17.8 Å². The topological polar surface area (TPSA) is 75.4 Å². The number of benzene rings is 1. The van der Waals surface area contributed by atoms with E-state index >= 15 is 0 Å². The van der Waals surface area contributed by atoms with E-state index in [0.717, 1.165) is 12.0 Å². The number of nitrogens with one attached hydrogen (secondary N) is 1. The Bertz CT molecular complexity index is 679. The Morgan fingerprint density at radius 1 is 1.17 bits per heavy atom. The van der Waals surface area contributed by atoms with Crippen molar-refractivity contribution in [2.45, 2.75) is 19.9 Å². The third kappa shape index (κ3) is 4.91. The highest BCUT2D eigenvalue weighted by atomic mass is 32.1. The highest BCUT2D eigenvalue weighted by molar-refractivity contribution is 7.14. The first kappa shape index (κ1) is 17.2. The van der Waals surface area contributed by atoms with E-state index in [9.17, 15) is 9.59 Å². The van der Waals surface area contributed by atoms with Crippen LogP contribution in [0.5, 0.6) is 0 Å². The number of rotatable bonds is 7. The highest BCUT2D eigenvalue weighted by Crippen LogP contribution is 2.22. The molecular weight excluding hydrogens is 310 g/mol. The van der Waals surface area contributed by atoms with Gasteiger partial charge in [0.1, 0.15) is 5.00 Å². The molecule has 0 aliphatic rings. The molecule has 2 aromatic rings. The number of carbonyl (C=O) groups is 2. The molecule has 5 nitrogen and oxygen atoms in total. The number of nitrogens with two attached hydrogens (primary N) is 1. The van der Waals surface area contributed by atoms with E-state index in [4.69, 9.17) is 5.73 Å². The van der Waals surface area contributed by atoms with E-state index in [1.165, 1.54) is 16.9 Å². The summed E-state index contributed by atoms with van der Waals surface area (Å²) in [5, 5.41) is 4.98. The van der Waals surface area contributed by atoms with Crippen molar-refractivity contribution in [3.05, 3.63) is 52.4 Å². The van der Waals surface area contributed by atoms with Gasteiger partial charge in [-0.3, -0.25) is 14.5 Å². The molecule has 0 fully saturated rings. The Hall–Kier alpha value is -2.18. The Morgan fingerprint density at radius 3 is 2.43 bits per heavy atom. The second-order valence-electron chi connectivity index (χ2n) is 5.42. The average Bonchev–Trinajstić information content (AvgIpc) is 2.96. The van der Waals surface area contributed by atoms with E-state index in [2.05, 4.69) is 36.5 Å².